The van der Waals surface area contributed by atoms with E-state index in [1.165, 1.54) is 0 Å². The zero-order valence-electron chi connectivity index (χ0n) is 5.47. The molecule has 0 bridgehead atoms. The molecule has 0 radical (unpaired) electrons. The van der Waals surface area contributed by atoms with Gasteiger partial charge in [-0.05, 0) is 6.92 Å². The van der Waals surface area contributed by atoms with Crippen LogP contribution < -0.4 is 0 Å². The quantitative estimate of drug-likeness (QED) is 0.630. The molecule has 0 heterocycles. The molecule has 0 aliphatic carbocycles. The summed E-state index contributed by atoms with van der Waals surface area (Å²) in [7, 11) is 0. The summed E-state index contributed by atoms with van der Waals surface area (Å²) >= 11 is 25.8. The van der Waals surface area contributed by atoms with Crippen LogP contribution >= 0.6 is 62.3 Å². The lowest BCUT2D eigenvalue weighted by molar-refractivity contribution is 0.558. The minimum Gasteiger partial charge on any atom is -0.107 e. The summed E-state index contributed by atoms with van der Waals surface area (Å²) in [5.74, 6) is -0.258. The van der Waals surface area contributed by atoms with Crippen molar-refractivity contribution < 1.29 is 0 Å². The summed E-state index contributed by atoms with van der Waals surface area (Å²) in [4.78, 5) is 0. The highest BCUT2D eigenvalue weighted by atomic mass is 79.9. The van der Waals surface area contributed by atoms with Gasteiger partial charge in [0, 0.05) is 5.92 Å². The fourth-order valence-electron chi connectivity index (χ4n) is 0.287. The van der Waals surface area contributed by atoms with Crippen molar-refractivity contribution >= 4 is 62.3 Å². The van der Waals surface area contributed by atoms with E-state index in [1.54, 1.807) is 13.8 Å². The number of hydrogen-bond acceptors (Lipinski definition) is 0. The Balaban J connectivity index is 4.23. The minimum atomic E-state index is -1.32. The third kappa shape index (κ3) is 3.87. The van der Waals surface area contributed by atoms with Gasteiger partial charge in [-0.1, -0.05) is 57.7 Å². The van der Waals surface area contributed by atoms with E-state index in [9.17, 15) is 0 Å². The molecule has 0 rings (SSSR count). The molecule has 0 aliphatic rings. The molecule has 0 aliphatic heterocycles. The van der Waals surface area contributed by atoms with Crippen LogP contribution in [-0.4, -0.2) is 7.58 Å². The lowest BCUT2D eigenvalue weighted by Crippen LogP contribution is -2.30. The third-order valence-electron chi connectivity index (χ3n) is 1.25. The predicted octanol–water partition coefficient (Wildman–Crippen LogP) is 4.34. The van der Waals surface area contributed by atoms with Crippen molar-refractivity contribution in [1.82, 2.24) is 0 Å². The smallest absolute Gasteiger partial charge is 0.107 e. The molecule has 0 saturated heterocycles. The number of halogens is 5. The molecule has 2 unspecified atom stereocenters. The Labute approximate surface area is 89.3 Å². The summed E-state index contributed by atoms with van der Waals surface area (Å²) in [6.07, 6.45) is 0. The SMILES string of the molecule is CC(C(Cl)(Cl)Cl)C(C)(Cl)Br. The molecule has 0 spiro atoms. The summed E-state index contributed by atoms with van der Waals surface area (Å²) in [6, 6.07) is 0. The van der Waals surface area contributed by atoms with Gasteiger partial charge < -0.3 is 0 Å². The van der Waals surface area contributed by atoms with Crippen LogP contribution in [0.25, 0.3) is 0 Å². The molecule has 0 aromatic rings. The monoisotopic (exact) mass is 286 g/mol. The molecule has 10 heavy (non-hydrogen) atoms. The number of alkyl halides is 5. The van der Waals surface area contributed by atoms with Gasteiger partial charge >= 0.3 is 0 Å². The van der Waals surface area contributed by atoms with Gasteiger partial charge in [-0.2, -0.15) is 0 Å². The van der Waals surface area contributed by atoms with E-state index in [4.69, 9.17) is 46.4 Å². The van der Waals surface area contributed by atoms with Crippen molar-refractivity contribution in [2.45, 2.75) is 21.4 Å². The average Bonchev–Trinajstić information content (AvgIpc) is 1.59. The Hall–Kier alpha value is 1.64. The second-order valence-corrected chi connectivity index (χ2v) is 7.48. The summed E-state index contributed by atoms with van der Waals surface area (Å²) < 4.78 is -1.99. The van der Waals surface area contributed by atoms with E-state index in [0.717, 1.165) is 0 Å². The van der Waals surface area contributed by atoms with Crippen LogP contribution in [0.5, 0.6) is 0 Å². The molecule has 0 amide bonds. The highest BCUT2D eigenvalue weighted by Crippen LogP contribution is 2.46. The van der Waals surface area contributed by atoms with Crippen molar-refractivity contribution in [3.05, 3.63) is 0 Å². The largest absolute Gasteiger partial charge is 0.195 e. The van der Waals surface area contributed by atoms with Crippen LogP contribution in [0.2, 0.25) is 0 Å². The first-order valence-corrected chi connectivity index (χ1v) is 4.90. The number of rotatable bonds is 1. The van der Waals surface area contributed by atoms with Crippen LogP contribution in [0.4, 0.5) is 0 Å². The van der Waals surface area contributed by atoms with Crippen molar-refractivity contribution in [3.8, 4) is 0 Å². The van der Waals surface area contributed by atoms with Crippen LogP contribution in [-0.2, 0) is 0 Å². The van der Waals surface area contributed by atoms with Gasteiger partial charge in [-0.3, -0.25) is 0 Å². The maximum absolute atomic E-state index is 5.83. The van der Waals surface area contributed by atoms with E-state index in [-0.39, 0.29) is 5.92 Å². The van der Waals surface area contributed by atoms with Crippen molar-refractivity contribution in [3.63, 3.8) is 0 Å². The normalized spacial score (nSPS) is 21.9. The molecular weight excluding hydrogens is 282 g/mol. The zero-order valence-corrected chi connectivity index (χ0v) is 10.1. The Bertz CT molecular complexity index is 97.8. The van der Waals surface area contributed by atoms with Gasteiger partial charge in [0.1, 0.15) is 3.78 Å². The number of hydrogen-bond donors (Lipinski definition) is 0. The molecule has 5 heteroatoms. The summed E-state index contributed by atoms with van der Waals surface area (Å²) in [5.41, 5.74) is 0. The van der Waals surface area contributed by atoms with Gasteiger partial charge in [-0.25, -0.2) is 0 Å². The van der Waals surface area contributed by atoms with Crippen LogP contribution in [0.1, 0.15) is 13.8 Å². The Morgan fingerprint density at radius 3 is 1.50 bits per heavy atom. The van der Waals surface area contributed by atoms with E-state index in [2.05, 4.69) is 15.9 Å². The van der Waals surface area contributed by atoms with Crippen LogP contribution in [0.3, 0.4) is 0 Å². The predicted molar refractivity (Wildman–Crippen MR) is 52.6 cm³/mol. The molecule has 0 fully saturated rings. The molecule has 0 aromatic heterocycles. The molecule has 2 atom stereocenters. The van der Waals surface area contributed by atoms with Crippen LogP contribution in [0.15, 0.2) is 0 Å². The third-order valence-corrected chi connectivity index (χ3v) is 3.25. The molecule has 62 valence electrons. The molecule has 0 nitrogen and oxygen atoms in total. The first-order valence-electron chi connectivity index (χ1n) is 2.60. The van der Waals surface area contributed by atoms with E-state index >= 15 is 0 Å². The van der Waals surface area contributed by atoms with Crippen molar-refractivity contribution in [2.24, 2.45) is 5.92 Å². The lowest BCUT2D eigenvalue weighted by atomic mass is 10.1. The van der Waals surface area contributed by atoms with E-state index < -0.39 is 7.58 Å². The first-order chi connectivity index (χ1) is 4.15. The summed E-state index contributed by atoms with van der Waals surface area (Å²) in [6.45, 7) is 3.50. The van der Waals surface area contributed by atoms with Gasteiger partial charge in [0.05, 0.1) is 0 Å². The average molecular weight is 289 g/mol. The van der Waals surface area contributed by atoms with Crippen molar-refractivity contribution in [1.29, 1.82) is 0 Å². The zero-order chi connectivity index (χ0) is 8.58. The molecular formula is C5H7BrCl4. The van der Waals surface area contributed by atoms with Gasteiger partial charge in [0.15, 0.2) is 3.79 Å². The van der Waals surface area contributed by atoms with Crippen molar-refractivity contribution in [2.75, 3.05) is 0 Å². The van der Waals surface area contributed by atoms with E-state index in [0.29, 0.717) is 0 Å². The van der Waals surface area contributed by atoms with Gasteiger partial charge in [-0.15, -0.1) is 11.6 Å². The standard InChI is InChI=1S/C5H7BrCl4/c1-3(4(2,6)7)5(8,9)10/h3H,1-2H3. The molecule has 0 aromatic carbocycles. The Kier molecular flexibility index (Phi) is 4.16. The second kappa shape index (κ2) is 3.57. The van der Waals surface area contributed by atoms with Gasteiger partial charge in [0.2, 0.25) is 0 Å². The van der Waals surface area contributed by atoms with E-state index in [1.807, 2.05) is 0 Å². The Morgan fingerprint density at radius 2 is 1.50 bits per heavy atom. The van der Waals surface area contributed by atoms with Gasteiger partial charge in [0.25, 0.3) is 0 Å². The van der Waals surface area contributed by atoms with Crippen LogP contribution in [0, 0.1) is 5.92 Å². The second-order valence-electron chi connectivity index (χ2n) is 2.22. The fraction of sp³-hybridized carbons (Fsp3) is 1.00. The molecule has 0 N–H and O–H groups in total. The summed E-state index contributed by atoms with van der Waals surface area (Å²) in [5, 5.41) is 0. The topological polar surface area (TPSA) is 0 Å². The lowest BCUT2D eigenvalue weighted by Gasteiger charge is -2.28. The Morgan fingerprint density at radius 1 is 1.20 bits per heavy atom. The maximum Gasteiger partial charge on any atom is 0.195 e. The highest BCUT2D eigenvalue weighted by Gasteiger charge is 2.40. The minimum absolute atomic E-state index is 0.258. The first kappa shape index (κ1) is 11.6. The molecule has 0 saturated carbocycles. The fourth-order valence-corrected chi connectivity index (χ4v) is 2.01. The maximum atomic E-state index is 5.83. The highest BCUT2D eigenvalue weighted by molar-refractivity contribution is 9.10.